The van der Waals surface area contributed by atoms with Crippen LogP contribution in [-0.4, -0.2) is 27.3 Å². The van der Waals surface area contributed by atoms with Crippen molar-refractivity contribution in [2.45, 2.75) is 45.3 Å². The minimum absolute atomic E-state index is 0.0609. The van der Waals surface area contributed by atoms with Gasteiger partial charge in [-0.05, 0) is 56.5 Å². The molecule has 0 saturated heterocycles. The quantitative estimate of drug-likeness (QED) is 0.506. The summed E-state index contributed by atoms with van der Waals surface area (Å²) in [7, 11) is 0. The highest BCUT2D eigenvalue weighted by molar-refractivity contribution is 7.99. The fourth-order valence-electron chi connectivity index (χ4n) is 2.93. The Morgan fingerprint density at radius 2 is 1.96 bits per heavy atom. The second-order valence-corrected chi connectivity index (χ2v) is 7.95. The van der Waals surface area contributed by atoms with Gasteiger partial charge in [0, 0.05) is 6.04 Å². The minimum atomic E-state index is -0.121. The molecule has 2 aromatic carbocycles. The Morgan fingerprint density at radius 1 is 1.21 bits per heavy atom. The highest BCUT2D eigenvalue weighted by Crippen LogP contribution is 2.23. The van der Waals surface area contributed by atoms with Crippen molar-refractivity contribution in [3.8, 4) is 5.69 Å². The Labute approximate surface area is 169 Å². The molecule has 0 unspecified atom stereocenters. The van der Waals surface area contributed by atoms with E-state index in [1.165, 1.54) is 11.8 Å². The lowest BCUT2D eigenvalue weighted by Crippen LogP contribution is -2.33. The molecule has 0 radical (unpaired) electrons. The summed E-state index contributed by atoms with van der Waals surface area (Å²) in [5.41, 5.74) is 3.36. The molecule has 3 rings (SSSR count). The Morgan fingerprint density at radius 3 is 2.71 bits per heavy atom. The lowest BCUT2D eigenvalue weighted by Gasteiger charge is -2.16. The number of benzene rings is 2. The predicted octanol–water partition coefficient (Wildman–Crippen LogP) is 4.01. The fraction of sp³-hybridized carbons (Fsp3) is 0.318. The highest BCUT2D eigenvalue weighted by Gasteiger charge is 2.16. The number of hydrogen-bond acceptors (Lipinski definition) is 4. The lowest BCUT2D eigenvalue weighted by molar-refractivity contribution is -0.119. The van der Waals surface area contributed by atoms with E-state index < -0.39 is 0 Å². The summed E-state index contributed by atoms with van der Waals surface area (Å²) in [4.78, 5) is 30.2. The number of aromatic nitrogens is 2. The van der Waals surface area contributed by atoms with Gasteiger partial charge in [-0.15, -0.1) is 0 Å². The van der Waals surface area contributed by atoms with Crippen molar-refractivity contribution >= 4 is 28.6 Å². The third-order valence-electron chi connectivity index (χ3n) is 4.70. The van der Waals surface area contributed by atoms with Crippen molar-refractivity contribution in [3.05, 3.63) is 63.9 Å². The van der Waals surface area contributed by atoms with Crippen molar-refractivity contribution in [2.24, 2.45) is 0 Å². The largest absolute Gasteiger partial charge is 0.353 e. The number of thioether (sulfide) groups is 1. The van der Waals surface area contributed by atoms with Gasteiger partial charge in [-0.25, -0.2) is 4.98 Å². The average molecular weight is 396 g/mol. The van der Waals surface area contributed by atoms with Gasteiger partial charge in [0.1, 0.15) is 0 Å². The summed E-state index contributed by atoms with van der Waals surface area (Å²) in [6, 6.07) is 13.4. The number of hydrogen-bond donors (Lipinski definition) is 1. The van der Waals surface area contributed by atoms with Gasteiger partial charge >= 0.3 is 0 Å². The summed E-state index contributed by atoms with van der Waals surface area (Å²) in [5.74, 6) is 0.147. The molecule has 0 aliphatic rings. The topological polar surface area (TPSA) is 64.0 Å². The number of nitrogens with zero attached hydrogens (tertiary/aromatic N) is 2. The summed E-state index contributed by atoms with van der Waals surface area (Å²) in [5, 5.41) is 4.05. The molecule has 0 bridgehead atoms. The average Bonchev–Trinajstić information content (AvgIpc) is 2.68. The third-order valence-corrected chi connectivity index (χ3v) is 5.64. The van der Waals surface area contributed by atoms with Crippen molar-refractivity contribution < 1.29 is 4.79 Å². The molecule has 3 aromatic rings. The van der Waals surface area contributed by atoms with Crippen molar-refractivity contribution in [1.82, 2.24) is 14.9 Å². The number of amides is 1. The predicted molar refractivity (Wildman–Crippen MR) is 115 cm³/mol. The molecule has 28 heavy (non-hydrogen) atoms. The van der Waals surface area contributed by atoms with Crippen LogP contribution in [0.4, 0.5) is 0 Å². The molecule has 6 heteroatoms. The molecular weight excluding hydrogens is 370 g/mol. The molecule has 1 heterocycles. The lowest BCUT2D eigenvalue weighted by atomic mass is 10.1. The maximum absolute atomic E-state index is 13.3. The zero-order chi connectivity index (χ0) is 20.3. The molecule has 1 N–H and O–H groups in total. The van der Waals surface area contributed by atoms with Gasteiger partial charge in [0.05, 0.1) is 22.3 Å². The Bertz CT molecular complexity index is 1080. The minimum Gasteiger partial charge on any atom is -0.353 e. The molecule has 1 aromatic heterocycles. The first-order chi connectivity index (χ1) is 13.4. The van der Waals surface area contributed by atoms with Crippen LogP contribution >= 0.6 is 11.8 Å². The van der Waals surface area contributed by atoms with Crippen LogP contribution < -0.4 is 10.9 Å². The van der Waals surface area contributed by atoms with E-state index in [4.69, 9.17) is 4.98 Å². The zero-order valence-corrected chi connectivity index (χ0v) is 17.5. The van der Waals surface area contributed by atoms with E-state index in [2.05, 4.69) is 5.32 Å². The SMILES string of the molecule is CC[C@H](C)NC(=O)CSc1nc2ccccc2c(=O)n1-c1cc(C)ccc1C. The van der Waals surface area contributed by atoms with Crippen LogP contribution in [0, 0.1) is 13.8 Å². The van der Waals surface area contributed by atoms with Gasteiger partial charge in [0.2, 0.25) is 5.91 Å². The zero-order valence-electron chi connectivity index (χ0n) is 16.7. The van der Waals surface area contributed by atoms with Crippen molar-refractivity contribution in [2.75, 3.05) is 5.75 Å². The molecule has 0 saturated carbocycles. The van der Waals surface area contributed by atoms with Crippen LogP contribution in [0.1, 0.15) is 31.4 Å². The standard InChI is InChI=1S/C22H25N3O2S/c1-5-16(4)23-20(26)13-28-22-24-18-9-7-6-8-17(18)21(27)25(22)19-12-14(2)10-11-15(19)3/h6-12,16H,5,13H2,1-4H3,(H,23,26)/t16-/m0/s1. The summed E-state index contributed by atoms with van der Waals surface area (Å²) >= 11 is 1.29. The Kier molecular flexibility index (Phi) is 6.19. The second-order valence-electron chi connectivity index (χ2n) is 7.01. The van der Waals surface area contributed by atoms with Crippen LogP contribution in [0.25, 0.3) is 16.6 Å². The van der Waals surface area contributed by atoms with E-state index in [9.17, 15) is 9.59 Å². The molecule has 1 amide bonds. The monoisotopic (exact) mass is 395 g/mol. The van der Waals surface area contributed by atoms with Gasteiger partial charge in [-0.2, -0.15) is 0 Å². The summed E-state index contributed by atoms with van der Waals surface area (Å²) in [6.07, 6.45) is 0.873. The molecule has 0 aliphatic carbocycles. The molecule has 0 aliphatic heterocycles. The first kappa shape index (κ1) is 20.1. The normalized spacial score (nSPS) is 12.1. The number of carbonyl (C=O) groups is 1. The molecule has 0 spiro atoms. The number of para-hydroxylation sites is 1. The number of fused-ring (bicyclic) bond motifs is 1. The summed E-state index contributed by atoms with van der Waals surface area (Å²) in [6.45, 7) is 7.97. The van der Waals surface area contributed by atoms with Gasteiger partial charge in [-0.3, -0.25) is 14.2 Å². The summed E-state index contributed by atoms with van der Waals surface area (Å²) < 4.78 is 1.63. The smallest absolute Gasteiger partial charge is 0.266 e. The molecule has 5 nitrogen and oxygen atoms in total. The maximum Gasteiger partial charge on any atom is 0.266 e. The third kappa shape index (κ3) is 4.28. The number of rotatable bonds is 6. The van der Waals surface area contributed by atoms with Crippen LogP contribution in [0.15, 0.2) is 52.4 Å². The van der Waals surface area contributed by atoms with E-state index in [1.54, 1.807) is 10.6 Å². The molecule has 146 valence electrons. The molecule has 0 fully saturated rings. The number of aryl methyl sites for hydroxylation is 2. The van der Waals surface area contributed by atoms with E-state index in [-0.39, 0.29) is 23.3 Å². The van der Waals surface area contributed by atoms with Crippen LogP contribution in [0.2, 0.25) is 0 Å². The van der Waals surface area contributed by atoms with Gasteiger partial charge in [-0.1, -0.05) is 43.0 Å². The molecule has 1 atom stereocenters. The first-order valence-corrected chi connectivity index (χ1v) is 10.4. The van der Waals surface area contributed by atoms with Gasteiger partial charge < -0.3 is 5.32 Å². The van der Waals surface area contributed by atoms with E-state index in [1.807, 2.05) is 64.1 Å². The van der Waals surface area contributed by atoms with Crippen LogP contribution in [0.3, 0.4) is 0 Å². The van der Waals surface area contributed by atoms with E-state index in [0.717, 1.165) is 23.2 Å². The highest BCUT2D eigenvalue weighted by atomic mass is 32.2. The maximum atomic E-state index is 13.3. The van der Waals surface area contributed by atoms with Crippen molar-refractivity contribution in [1.29, 1.82) is 0 Å². The number of nitrogens with one attached hydrogen (secondary N) is 1. The first-order valence-electron chi connectivity index (χ1n) is 9.42. The van der Waals surface area contributed by atoms with Gasteiger partial charge in [0.15, 0.2) is 5.16 Å². The number of carbonyl (C=O) groups excluding carboxylic acids is 1. The van der Waals surface area contributed by atoms with Crippen LogP contribution in [-0.2, 0) is 4.79 Å². The van der Waals surface area contributed by atoms with E-state index >= 15 is 0 Å². The van der Waals surface area contributed by atoms with Gasteiger partial charge in [0.25, 0.3) is 5.56 Å². The fourth-order valence-corrected chi connectivity index (χ4v) is 3.75. The van der Waals surface area contributed by atoms with E-state index in [0.29, 0.717) is 16.1 Å². The van der Waals surface area contributed by atoms with Crippen LogP contribution in [0.5, 0.6) is 0 Å². The molecular formula is C22H25N3O2S. The Hall–Kier alpha value is -2.60. The van der Waals surface area contributed by atoms with Crippen molar-refractivity contribution in [3.63, 3.8) is 0 Å². The Balaban J connectivity index is 2.09. The second kappa shape index (κ2) is 8.61.